The SMILES string of the molecule is C[C@H](NC(=O)[C@@H](C)Sc1nnc(-c2ccc3c(c2)OCO3)o1)c1ccccc1. The molecule has 1 aromatic heterocycles. The number of benzene rings is 2. The lowest BCUT2D eigenvalue weighted by atomic mass is 10.1. The lowest BCUT2D eigenvalue weighted by molar-refractivity contribution is -0.120. The highest BCUT2D eigenvalue weighted by molar-refractivity contribution is 8.00. The third kappa shape index (κ3) is 3.96. The van der Waals surface area contributed by atoms with Crippen molar-refractivity contribution in [1.29, 1.82) is 0 Å². The first-order valence-corrected chi connectivity index (χ1v) is 9.73. The van der Waals surface area contributed by atoms with Crippen LogP contribution < -0.4 is 14.8 Å². The van der Waals surface area contributed by atoms with Crippen molar-refractivity contribution < 1.29 is 18.7 Å². The largest absolute Gasteiger partial charge is 0.454 e. The number of amides is 1. The van der Waals surface area contributed by atoms with Gasteiger partial charge in [-0.05, 0) is 37.6 Å². The molecular formula is C20H19N3O4S. The molecule has 1 N–H and O–H groups in total. The monoisotopic (exact) mass is 397 g/mol. The molecule has 3 aromatic rings. The predicted octanol–water partition coefficient (Wildman–Crippen LogP) is 3.82. The Kier molecular flexibility index (Phi) is 5.21. The highest BCUT2D eigenvalue weighted by atomic mass is 32.2. The van der Waals surface area contributed by atoms with Gasteiger partial charge in [-0.25, -0.2) is 0 Å². The first kappa shape index (κ1) is 18.4. The molecule has 0 spiro atoms. The number of carbonyl (C=O) groups is 1. The van der Waals surface area contributed by atoms with Crippen LogP contribution in [0.5, 0.6) is 11.5 Å². The smallest absolute Gasteiger partial charge is 0.277 e. The summed E-state index contributed by atoms with van der Waals surface area (Å²) in [5.74, 6) is 1.61. The number of hydrogen-bond donors (Lipinski definition) is 1. The molecule has 0 radical (unpaired) electrons. The Bertz CT molecular complexity index is 977. The van der Waals surface area contributed by atoms with Crippen LogP contribution >= 0.6 is 11.8 Å². The molecule has 1 aliphatic heterocycles. The molecule has 0 saturated heterocycles. The van der Waals surface area contributed by atoms with Crippen molar-refractivity contribution in [3.8, 4) is 23.0 Å². The van der Waals surface area contributed by atoms with Gasteiger partial charge in [0.2, 0.25) is 18.6 Å². The highest BCUT2D eigenvalue weighted by Crippen LogP contribution is 2.36. The summed E-state index contributed by atoms with van der Waals surface area (Å²) in [5.41, 5.74) is 1.79. The first-order valence-electron chi connectivity index (χ1n) is 8.85. The second-order valence-corrected chi connectivity index (χ2v) is 7.63. The third-order valence-corrected chi connectivity index (χ3v) is 5.27. The minimum atomic E-state index is -0.379. The summed E-state index contributed by atoms with van der Waals surface area (Å²) in [6, 6.07) is 15.2. The van der Waals surface area contributed by atoms with Crippen molar-refractivity contribution in [3.63, 3.8) is 0 Å². The van der Waals surface area contributed by atoms with Crippen LogP contribution in [0.3, 0.4) is 0 Å². The zero-order valence-electron chi connectivity index (χ0n) is 15.4. The molecule has 0 saturated carbocycles. The van der Waals surface area contributed by atoms with Crippen LogP contribution in [-0.2, 0) is 4.79 Å². The maximum Gasteiger partial charge on any atom is 0.277 e. The van der Waals surface area contributed by atoms with Crippen LogP contribution in [0.4, 0.5) is 0 Å². The normalized spacial score (nSPS) is 14.5. The number of carbonyl (C=O) groups excluding carboxylic acids is 1. The van der Waals surface area contributed by atoms with E-state index < -0.39 is 0 Å². The van der Waals surface area contributed by atoms with E-state index in [4.69, 9.17) is 13.9 Å². The molecular weight excluding hydrogens is 378 g/mol. The average Bonchev–Trinajstić information content (AvgIpc) is 3.37. The van der Waals surface area contributed by atoms with Gasteiger partial charge < -0.3 is 19.2 Å². The lowest BCUT2D eigenvalue weighted by Gasteiger charge is -2.16. The Labute approximate surface area is 166 Å². The van der Waals surface area contributed by atoms with Gasteiger partial charge in [-0.15, -0.1) is 10.2 Å². The van der Waals surface area contributed by atoms with E-state index in [0.717, 1.165) is 11.1 Å². The molecule has 28 heavy (non-hydrogen) atoms. The maximum absolute atomic E-state index is 12.5. The molecule has 2 heterocycles. The zero-order chi connectivity index (χ0) is 19.5. The topological polar surface area (TPSA) is 86.5 Å². The maximum atomic E-state index is 12.5. The van der Waals surface area contributed by atoms with Gasteiger partial charge in [-0.1, -0.05) is 42.1 Å². The van der Waals surface area contributed by atoms with Gasteiger partial charge >= 0.3 is 0 Å². The van der Waals surface area contributed by atoms with Crippen LogP contribution in [-0.4, -0.2) is 28.1 Å². The van der Waals surface area contributed by atoms with Gasteiger partial charge in [0, 0.05) is 5.56 Å². The average molecular weight is 397 g/mol. The fourth-order valence-electron chi connectivity index (χ4n) is 2.76. The van der Waals surface area contributed by atoms with Crippen molar-refractivity contribution in [3.05, 3.63) is 54.1 Å². The second-order valence-electron chi connectivity index (χ2n) is 6.34. The number of thioether (sulfide) groups is 1. The number of nitrogens with one attached hydrogen (secondary N) is 1. The van der Waals surface area contributed by atoms with Crippen LogP contribution in [0, 0.1) is 0 Å². The highest BCUT2D eigenvalue weighted by Gasteiger charge is 2.21. The predicted molar refractivity (Wildman–Crippen MR) is 104 cm³/mol. The summed E-state index contributed by atoms with van der Waals surface area (Å²) in [5, 5.41) is 11.1. The van der Waals surface area contributed by atoms with Crippen LogP contribution in [0.15, 0.2) is 58.2 Å². The van der Waals surface area contributed by atoms with Gasteiger partial charge in [0.1, 0.15) is 0 Å². The number of ether oxygens (including phenoxy) is 2. The zero-order valence-corrected chi connectivity index (χ0v) is 16.2. The van der Waals surface area contributed by atoms with E-state index in [1.807, 2.05) is 50.2 Å². The molecule has 0 unspecified atom stereocenters. The molecule has 0 aliphatic carbocycles. The Morgan fingerprint density at radius 1 is 1.07 bits per heavy atom. The summed E-state index contributed by atoms with van der Waals surface area (Å²) < 4.78 is 16.4. The van der Waals surface area contributed by atoms with Crippen molar-refractivity contribution in [2.45, 2.75) is 30.4 Å². The Balaban J connectivity index is 1.38. The number of aromatic nitrogens is 2. The van der Waals surface area contributed by atoms with E-state index in [0.29, 0.717) is 22.6 Å². The van der Waals surface area contributed by atoms with E-state index >= 15 is 0 Å². The second kappa shape index (κ2) is 7.93. The first-order chi connectivity index (χ1) is 13.6. The summed E-state index contributed by atoms with van der Waals surface area (Å²) in [4.78, 5) is 12.5. The van der Waals surface area contributed by atoms with Crippen LogP contribution in [0.25, 0.3) is 11.5 Å². The molecule has 7 nitrogen and oxygen atoms in total. The standard InChI is InChI=1S/C20H19N3O4S/c1-12(14-6-4-3-5-7-14)21-18(24)13(2)28-20-23-22-19(27-20)15-8-9-16-17(10-15)26-11-25-16/h3-10,12-13H,11H2,1-2H3,(H,21,24)/t12-,13+/m0/s1. The molecule has 2 atom stereocenters. The van der Waals surface area contributed by atoms with Gasteiger partial charge in [0.15, 0.2) is 11.5 Å². The third-order valence-electron chi connectivity index (χ3n) is 4.33. The van der Waals surface area contributed by atoms with Gasteiger partial charge in [-0.2, -0.15) is 0 Å². The molecule has 1 amide bonds. The summed E-state index contributed by atoms with van der Waals surface area (Å²) in [6.45, 7) is 3.97. The van der Waals surface area contributed by atoms with Crippen molar-refractivity contribution in [2.75, 3.05) is 6.79 Å². The van der Waals surface area contributed by atoms with Gasteiger partial charge in [-0.3, -0.25) is 4.79 Å². The molecule has 0 bridgehead atoms. The van der Waals surface area contributed by atoms with Crippen molar-refractivity contribution >= 4 is 17.7 Å². The molecule has 2 aromatic carbocycles. The molecule has 8 heteroatoms. The van der Waals surface area contributed by atoms with E-state index in [1.54, 1.807) is 12.1 Å². The van der Waals surface area contributed by atoms with Gasteiger partial charge in [0.05, 0.1) is 11.3 Å². The Morgan fingerprint density at radius 2 is 1.86 bits per heavy atom. The van der Waals surface area contributed by atoms with Crippen molar-refractivity contribution in [2.24, 2.45) is 0 Å². The minimum absolute atomic E-state index is 0.0800. The summed E-state index contributed by atoms with van der Waals surface area (Å²) >= 11 is 1.22. The van der Waals surface area contributed by atoms with Crippen LogP contribution in [0.1, 0.15) is 25.5 Å². The molecule has 0 fully saturated rings. The summed E-state index contributed by atoms with van der Waals surface area (Å²) in [6.07, 6.45) is 0. The fourth-order valence-corrected chi connectivity index (χ4v) is 3.46. The van der Waals surface area contributed by atoms with E-state index in [1.165, 1.54) is 11.8 Å². The molecule has 1 aliphatic rings. The van der Waals surface area contributed by atoms with Crippen LogP contribution in [0.2, 0.25) is 0 Å². The number of nitrogens with zero attached hydrogens (tertiary/aromatic N) is 2. The Hall–Kier alpha value is -3.00. The van der Waals surface area contributed by atoms with E-state index in [2.05, 4.69) is 15.5 Å². The number of fused-ring (bicyclic) bond motifs is 1. The lowest BCUT2D eigenvalue weighted by Crippen LogP contribution is -2.33. The quantitative estimate of drug-likeness (QED) is 0.633. The number of rotatable bonds is 6. The Morgan fingerprint density at radius 3 is 2.68 bits per heavy atom. The van der Waals surface area contributed by atoms with Crippen molar-refractivity contribution in [1.82, 2.24) is 15.5 Å². The van der Waals surface area contributed by atoms with E-state index in [9.17, 15) is 4.79 Å². The molecule has 4 rings (SSSR count). The van der Waals surface area contributed by atoms with Gasteiger partial charge in [0.25, 0.3) is 5.22 Å². The number of hydrogen-bond acceptors (Lipinski definition) is 7. The minimum Gasteiger partial charge on any atom is -0.454 e. The van der Waals surface area contributed by atoms with E-state index in [-0.39, 0.29) is 24.0 Å². The summed E-state index contributed by atoms with van der Waals surface area (Å²) in [7, 11) is 0. The fraction of sp³-hybridized carbons (Fsp3) is 0.250. The molecule has 144 valence electrons.